The molecule has 0 amide bonds. The van der Waals surface area contributed by atoms with Crippen molar-refractivity contribution in [2.45, 2.75) is 26.9 Å². The van der Waals surface area contributed by atoms with Crippen LogP contribution in [0.15, 0.2) is 33.7 Å². The maximum Gasteiger partial charge on any atom is 0.214 e. The molecule has 9 heteroatoms. The molecule has 9 nitrogen and oxygen atoms in total. The zero-order valence-corrected chi connectivity index (χ0v) is 15.8. The Morgan fingerprint density at radius 1 is 1.15 bits per heavy atom. The third-order valence-corrected chi connectivity index (χ3v) is 4.01. The lowest BCUT2D eigenvalue weighted by Crippen LogP contribution is -2.36. The fraction of sp³-hybridized carbons (Fsp3) is 0.333. The average Bonchev–Trinajstić information content (AvgIpc) is 3.29. The van der Waals surface area contributed by atoms with Gasteiger partial charge in [-0.3, -0.25) is 10.1 Å². The molecule has 3 rings (SSSR count). The second-order valence-electron chi connectivity index (χ2n) is 5.86. The third-order valence-electron chi connectivity index (χ3n) is 4.01. The Bertz CT molecular complexity index is 893. The van der Waals surface area contributed by atoms with E-state index < -0.39 is 0 Å². The summed E-state index contributed by atoms with van der Waals surface area (Å²) in [5.74, 6) is 4.18. The van der Waals surface area contributed by atoms with Crippen molar-refractivity contribution in [1.29, 1.82) is 0 Å². The summed E-state index contributed by atoms with van der Waals surface area (Å²) in [6.45, 7) is 4.71. The van der Waals surface area contributed by atoms with Gasteiger partial charge >= 0.3 is 0 Å². The van der Waals surface area contributed by atoms with Crippen LogP contribution in [0.1, 0.15) is 23.2 Å². The number of aryl methyl sites for hydroxylation is 2. The number of rotatable bonds is 6. The Hall–Kier alpha value is -3.36. The van der Waals surface area contributed by atoms with Gasteiger partial charge in [-0.2, -0.15) is 5.10 Å². The minimum absolute atomic E-state index is 0.446. The molecular weight excluding hydrogens is 346 g/mol. The van der Waals surface area contributed by atoms with Gasteiger partial charge in [0.1, 0.15) is 17.3 Å². The number of nitrogens with zero attached hydrogens (tertiary/aromatic N) is 4. The van der Waals surface area contributed by atoms with Gasteiger partial charge < -0.3 is 19.8 Å². The van der Waals surface area contributed by atoms with Gasteiger partial charge in [0.25, 0.3) is 0 Å². The van der Waals surface area contributed by atoms with E-state index in [0.717, 1.165) is 22.8 Å². The van der Waals surface area contributed by atoms with Gasteiger partial charge in [-0.25, -0.2) is 9.97 Å². The van der Waals surface area contributed by atoms with Crippen molar-refractivity contribution in [3.8, 4) is 17.1 Å². The van der Waals surface area contributed by atoms with Crippen LogP contribution in [0.4, 0.5) is 0 Å². The smallest absolute Gasteiger partial charge is 0.214 e. The topological polar surface area (TPSA) is 113 Å². The molecule has 1 aromatic carbocycles. The first-order valence-electron chi connectivity index (χ1n) is 8.52. The van der Waals surface area contributed by atoms with Crippen molar-refractivity contribution < 1.29 is 9.15 Å². The lowest BCUT2D eigenvalue weighted by molar-refractivity contribution is 0.415. The number of nitrogens with one attached hydrogen (secondary N) is 3. The molecule has 3 aromatic rings. The zero-order valence-electron chi connectivity index (χ0n) is 15.8. The maximum absolute atomic E-state index is 5.55. The maximum atomic E-state index is 5.55. The van der Waals surface area contributed by atoms with E-state index >= 15 is 0 Å². The highest BCUT2D eigenvalue weighted by Gasteiger charge is 2.09. The molecule has 0 saturated carbocycles. The average molecular weight is 369 g/mol. The van der Waals surface area contributed by atoms with E-state index in [4.69, 9.17) is 9.15 Å². The van der Waals surface area contributed by atoms with Gasteiger partial charge in [-0.05, 0) is 38.1 Å². The van der Waals surface area contributed by atoms with Crippen LogP contribution in [-0.2, 0) is 13.1 Å². The molecule has 0 aliphatic heterocycles. The van der Waals surface area contributed by atoms with Crippen LogP contribution < -0.4 is 15.4 Å². The van der Waals surface area contributed by atoms with Crippen LogP contribution in [-0.4, -0.2) is 40.3 Å². The Morgan fingerprint density at radius 3 is 2.52 bits per heavy atom. The Balaban J connectivity index is 1.54. The van der Waals surface area contributed by atoms with Crippen molar-refractivity contribution in [1.82, 2.24) is 30.8 Å². The number of benzene rings is 1. The van der Waals surface area contributed by atoms with E-state index in [1.807, 2.05) is 38.1 Å². The third kappa shape index (κ3) is 4.63. The van der Waals surface area contributed by atoms with E-state index in [9.17, 15) is 0 Å². The molecule has 0 radical (unpaired) electrons. The highest BCUT2D eigenvalue weighted by molar-refractivity contribution is 5.79. The zero-order chi connectivity index (χ0) is 19.2. The molecule has 0 saturated heterocycles. The summed E-state index contributed by atoms with van der Waals surface area (Å²) in [7, 11) is 3.33. The van der Waals surface area contributed by atoms with Crippen LogP contribution in [0.5, 0.6) is 5.75 Å². The van der Waals surface area contributed by atoms with E-state index in [2.05, 4.69) is 35.8 Å². The first kappa shape index (κ1) is 18.4. The highest BCUT2D eigenvalue weighted by atomic mass is 16.5. The first-order chi connectivity index (χ1) is 13.1. The molecule has 27 heavy (non-hydrogen) atoms. The SMILES string of the molecule is CN=C(NCc1nc(-c2ccc(OC)cc2)n[nH]1)NCc1nc(C)c(C)o1. The van der Waals surface area contributed by atoms with E-state index in [1.54, 1.807) is 14.2 Å². The van der Waals surface area contributed by atoms with Crippen molar-refractivity contribution >= 4 is 5.96 Å². The summed E-state index contributed by atoms with van der Waals surface area (Å²) in [6.07, 6.45) is 0. The monoisotopic (exact) mass is 369 g/mol. The predicted molar refractivity (Wildman–Crippen MR) is 101 cm³/mol. The molecule has 2 heterocycles. The van der Waals surface area contributed by atoms with Crippen molar-refractivity contribution in [2.75, 3.05) is 14.2 Å². The van der Waals surface area contributed by atoms with Gasteiger partial charge in [0.2, 0.25) is 5.89 Å². The molecule has 0 aliphatic carbocycles. The number of aromatic nitrogens is 4. The van der Waals surface area contributed by atoms with Crippen molar-refractivity contribution in [3.63, 3.8) is 0 Å². The van der Waals surface area contributed by atoms with E-state index in [0.29, 0.717) is 36.6 Å². The number of ether oxygens (including phenoxy) is 1. The summed E-state index contributed by atoms with van der Waals surface area (Å²) in [4.78, 5) is 13.0. The van der Waals surface area contributed by atoms with Crippen LogP contribution in [0.25, 0.3) is 11.4 Å². The normalized spacial score (nSPS) is 11.5. The molecule has 0 aliphatic rings. The number of aliphatic imine (C=N–C) groups is 1. The second-order valence-corrected chi connectivity index (χ2v) is 5.86. The summed E-state index contributed by atoms with van der Waals surface area (Å²) in [5.41, 5.74) is 1.80. The summed E-state index contributed by atoms with van der Waals surface area (Å²) < 4.78 is 10.7. The number of aromatic amines is 1. The second kappa shape index (κ2) is 8.35. The Kier molecular flexibility index (Phi) is 5.70. The molecule has 0 bridgehead atoms. The predicted octanol–water partition coefficient (Wildman–Crippen LogP) is 1.95. The number of hydrogen-bond acceptors (Lipinski definition) is 6. The van der Waals surface area contributed by atoms with Crippen LogP contribution in [0, 0.1) is 13.8 Å². The van der Waals surface area contributed by atoms with Gasteiger partial charge in [0.05, 0.1) is 25.9 Å². The number of oxazole rings is 1. The van der Waals surface area contributed by atoms with Gasteiger partial charge in [0, 0.05) is 12.6 Å². The lowest BCUT2D eigenvalue weighted by Gasteiger charge is -2.08. The lowest BCUT2D eigenvalue weighted by atomic mass is 10.2. The van der Waals surface area contributed by atoms with Crippen molar-refractivity contribution in [2.24, 2.45) is 4.99 Å². The number of H-pyrrole nitrogens is 1. The molecule has 142 valence electrons. The minimum Gasteiger partial charge on any atom is -0.497 e. The number of methoxy groups -OCH3 is 1. The molecule has 0 spiro atoms. The van der Waals surface area contributed by atoms with Crippen LogP contribution in [0.2, 0.25) is 0 Å². The van der Waals surface area contributed by atoms with Crippen LogP contribution in [0.3, 0.4) is 0 Å². The van der Waals surface area contributed by atoms with Gasteiger partial charge in [-0.1, -0.05) is 0 Å². The largest absolute Gasteiger partial charge is 0.497 e. The standard InChI is InChI=1S/C18H23N7O2/c1-11-12(2)27-16(22-11)10-21-18(19-3)20-9-15-23-17(25-24-15)13-5-7-14(26-4)8-6-13/h5-8H,9-10H2,1-4H3,(H2,19,20,21)(H,23,24,25). The van der Waals surface area contributed by atoms with Crippen LogP contribution >= 0.6 is 0 Å². The summed E-state index contributed by atoms with van der Waals surface area (Å²) in [6, 6.07) is 7.59. The summed E-state index contributed by atoms with van der Waals surface area (Å²) in [5, 5.41) is 13.5. The molecular formula is C18H23N7O2. The minimum atomic E-state index is 0.446. The Morgan fingerprint density at radius 2 is 1.89 bits per heavy atom. The van der Waals surface area contributed by atoms with Gasteiger partial charge in [0.15, 0.2) is 11.8 Å². The summed E-state index contributed by atoms with van der Waals surface area (Å²) >= 11 is 0. The van der Waals surface area contributed by atoms with Gasteiger partial charge in [-0.15, -0.1) is 0 Å². The number of guanidine groups is 1. The quantitative estimate of drug-likeness (QED) is 0.449. The van der Waals surface area contributed by atoms with Crippen molar-refractivity contribution in [3.05, 3.63) is 47.4 Å². The van der Waals surface area contributed by atoms with E-state index in [1.165, 1.54) is 0 Å². The Labute approximate surface area is 157 Å². The fourth-order valence-electron chi connectivity index (χ4n) is 2.41. The van der Waals surface area contributed by atoms with E-state index in [-0.39, 0.29) is 0 Å². The molecule has 0 atom stereocenters. The highest BCUT2D eigenvalue weighted by Crippen LogP contribution is 2.18. The first-order valence-corrected chi connectivity index (χ1v) is 8.52. The fourth-order valence-corrected chi connectivity index (χ4v) is 2.41. The molecule has 0 unspecified atom stereocenters. The molecule has 0 fully saturated rings. The molecule has 3 N–H and O–H groups in total. The molecule has 2 aromatic heterocycles. The number of hydrogen-bond donors (Lipinski definition) is 3.